The molecule has 1 aliphatic carbocycles. The van der Waals surface area contributed by atoms with Crippen LogP contribution < -0.4 is 0 Å². The van der Waals surface area contributed by atoms with Crippen LogP contribution in [-0.2, 0) is 15.6 Å². The van der Waals surface area contributed by atoms with Crippen LogP contribution in [0.3, 0.4) is 0 Å². The Bertz CT molecular complexity index is 860. The number of likely N-dealkylation sites (tertiary alicyclic amines) is 1. The maximum atomic E-state index is 13.2. The minimum absolute atomic E-state index is 0.117. The smallest absolute Gasteiger partial charge is 0.232 e. The van der Waals surface area contributed by atoms with Gasteiger partial charge in [-0.2, -0.15) is 0 Å². The van der Waals surface area contributed by atoms with Gasteiger partial charge in [-0.05, 0) is 66.9 Å². The summed E-state index contributed by atoms with van der Waals surface area (Å²) in [7, 11) is 0. The van der Waals surface area contributed by atoms with Crippen molar-refractivity contribution < 1.29 is 9.90 Å². The van der Waals surface area contributed by atoms with Gasteiger partial charge in [0, 0.05) is 39.6 Å². The largest absolute Gasteiger partial charge is 0.507 e. The number of phenolic OH excluding ortho intramolecular Hbond substituents is 1. The van der Waals surface area contributed by atoms with E-state index in [0.717, 1.165) is 30.6 Å². The molecular weight excluding hydrogens is 482 g/mol. The molecule has 0 aromatic heterocycles. The average Bonchev–Trinajstić information content (AvgIpc) is 2.82. The lowest BCUT2D eigenvalue weighted by atomic mass is 9.75. The highest BCUT2D eigenvalue weighted by molar-refractivity contribution is 8.04. The lowest BCUT2D eigenvalue weighted by Gasteiger charge is -2.42. The van der Waals surface area contributed by atoms with E-state index in [1.165, 1.54) is 49.8 Å². The Kier molecular flexibility index (Phi) is 9.86. The fraction of sp³-hybridized carbons (Fsp3) is 0.774. The fourth-order valence-electron chi connectivity index (χ4n) is 5.90. The van der Waals surface area contributed by atoms with E-state index >= 15 is 0 Å². The first-order valence-corrected chi connectivity index (χ1v) is 16.2. The zero-order valence-electron chi connectivity index (χ0n) is 24.2. The van der Waals surface area contributed by atoms with Gasteiger partial charge in [-0.25, -0.2) is 0 Å². The van der Waals surface area contributed by atoms with Gasteiger partial charge >= 0.3 is 0 Å². The van der Waals surface area contributed by atoms with E-state index in [-0.39, 0.29) is 10.8 Å². The van der Waals surface area contributed by atoms with Gasteiger partial charge in [0.1, 0.15) is 5.75 Å². The van der Waals surface area contributed by atoms with Crippen LogP contribution in [0.5, 0.6) is 5.75 Å². The molecule has 3 nitrogen and oxygen atoms in total. The van der Waals surface area contributed by atoms with Crippen molar-refractivity contribution in [2.24, 2.45) is 5.41 Å². The van der Waals surface area contributed by atoms with Crippen LogP contribution in [0.2, 0.25) is 0 Å². The molecule has 1 saturated heterocycles. The van der Waals surface area contributed by atoms with Crippen LogP contribution >= 0.6 is 23.5 Å². The van der Waals surface area contributed by atoms with Crippen molar-refractivity contribution in [1.82, 2.24) is 4.90 Å². The van der Waals surface area contributed by atoms with E-state index in [2.05, 4.69) is 72.4 Å². The van der Waals surface area contributed by atoms with Crippen LogP contribution in [0.4, 0.5) is 0 Å². The molecule has 204 valence electrons. The Balaban J connectivity index is 1.73. The number of benzene rings is 1. The zero-order valence-corrected chi connectivity index (χ0v) is 25.8. The number of carbonyl (C=O) groups excluding carboxylic acids is 1. The Hall–Kier alpha value is -0.810. The normalized spacial score (nSPS) is 23.1. The van der Waals surface area contributed by atoms with E-state index < -0.39 is 0 Å². The second-order valence-electron chi connectivity index (χ2n) is 13.3. The highest BCUT2D eigenvalue weighted by Crippen LogP contribution is 2.45. The van der Waals surface area contributed by atoms with Gasteiger partial charge in [0.25, 0.3) is 0 Å². The molecular formula is C31H51NO2S2. The summed E-state index contributed by atoms with van der Waals surface area (Å²) in [5, 5.41) is 12.1. The molecule has 1 aromatic rings. The van der Waals surface area contributed by atoms with Gasteiger partial charge < -0.3 is 10.0 Å². The summed E-state index contributed by atoms with van der Waals surface area (Å²) in [6.07, 6.45) is 9.66. The summed E-state index contributed by atoms with van der Waals surface area (Å²) >= 11 is 3.88. The molecule has 1 aliphatic heterocycles. The first-order chi connectivity index (χ1) is 16.8. The molecule has 1 saturated carbocycles. The molecule has 0 radical (unpaired) electrons. The third-order valence-electron chi connectivity index (χ3n) is 8.56. The zero-order chi connectivity index (χ0) is 26.7. The molecule has 0 spiro atoms. The van der Waals surface area contributed by atoms with E-state index in [1.54, 1.807) is 0 Å². The molecule has 36 heavy (non-hydrogen) atoms. The van der Waals surface area contributed by atoms with Gasteiger partial charge in [0.05, 0.1) is 5.75 Å². The predicted molar refractivity (Wildman–Crippen MR) is 159 cm³/mol. The van der Waals surface area contributed by atoms with Crippen molar-refractivity contribution >= 4 is 29.4 Å². The molecule has 0 unspecified atom stereocenters. The van der Waals surface area contributed by atoms with Crippen LogP contribution in [0.1, 0.15) is 118 Å². The van der Waals surface area contributed by atoms with Crippen LogP contribution in [0.15, 0.2) is 17.0 Å². The minimum Gasteiger partial charge on any atom is -0.507 e. The van der Waals surface area contributed by atoms with Crippen molar-refractivity contribution in [3.63, 3.8) is 0 Å². The molecule has 2 atom stereocenters. The third kappa shape index (κ3) is 7.18. The Morgan fingerprint density at radius 2 is 1.53 bits per heavy atom. The minimum atomic E-state index is -0.117. The number of aromatic hydroxyl groups is 1. The second kappa shape index (κ2) is 11.9. The third-order valence-corrected chi connectivity index (χ3v) is 11.5. The van der Waals surface area contributed by atoms with Gasteiger partial charge in [-0.1, -0.05) is 68.2 Å². The highest BCUT2D eigenvalue weighted by Gasteiger charge is 2.35. The summed E-state index contributed by atoms with van der Waals surface area (Å²) in [5.41, 5.74) is 2.17. The van der Waals surface area contributed by atoms with Crippen molar-refractivity contribution in [1.29, 1.82) is 0 Å². The number of phenols is 1. The van der Waals surface area contributed by atoms with Crippen molar-refractivity contribution in [3.8, 4) is 5.75 Å². The van der Waals surface area contributed by atoms with Crippen LogP contribution in [0.25, 0.3) is 0 Å². The standard InChI is InChI=1S/C31H51NO2S2/c1-9-31(10-2)16-13-17-32(21-31)27(33)20-35-25-14-11-12-15-26(25)36-22-18-23(29(3,4)5)28(34)24(19-22)30(6,7)8/h18-19,25-26,34H,9-17,20-21H2,1-8H3/t25-,26-/m1/s1. The molecule has 1 N–H and O–H groups in total. The SMILES string of the molecule is CCC1(CC)CCCN(C(=O)CS[C@@H]2CCCC[C@H]2Sc2cc(C(C)(C)C)c(O)c(C(C)(C)C)c2)C1. The van der Waals surface area contributed by atoms with E-state index in [0.29, 0.717) is 33.3 Å². The van der Waals surface area contributed by atoms with Gasteiger partial charge in [0.2, 0.25) is 5.91 Å². The lowest BCUT2D eigenvalue weighted by molar-refractivity contribution is -0.132. The second-order valence-corrected chi connectivity index (χ2v) is 15.8. The summed E-state index contributed by atoms with van der Waals surface area (Å²) < 4.78 is 0. The molecule has 5 heteroatoms. The predicted octanol–water partition coefficient (Wildman–Crippen LogP) is 8.55. The summed E-state index contributed by atoms with van der Waals surface area (Å²) in [6, 6.07) is 4.44. The number of piperidine rings is 1. The molecule has 2 fully saturated rings. The van der Waals surface area contributed by atoms with Crippen LogP contribution in [0, 0.1) is 5.41 Å². The number of hydrogen-bond acceptors (Lipinski definition) is 4. The Morgan fingerprint density at radius 1 is 0.972 bits per heavy atom. The number of rotatable bonds is 7. The summed E-state index contributed by atoms with van der Waals surface area (Å²) in [5.74, 6) is 1.41. The van der Waals surface area contributed by atoms with Gasteiger partial charge in [0.15, 0.2) is 0 Å². The maximum Gasteiger partial charge on any atom is 0.232 e. The highest BCUT2D eigenvalue weighted by atomic mass is 32.2. The maximum absolute atomic E-state index is 13.2. The molecule has 1 aromatic carbocycles. The van der Waals surface area contributed by atoms with Crippen molar-refractivity contribution in [2.45, 2.75) is 133 Å². The van der Waals surface area contributed by atoms with Crippen LogP contribution in [-0.4, -0.2) is 45.3 Å². The van der Waals surface area contributed by atoms with Gasteiger partial charge in [-0.15, -0.1) is 23.5 Å². The monoisotopic (exact) mass is 533 g/mol. The number of thioether (sulfide) groups is 2. The summed E-state index contributed by atoms with van der Waals surface area (Å²) in [6.45, 7) is 19.5. The molecule has 1 heterocycles. The van der Waals surface area contributed by atoms with Crippen molar-refractivity contribution in [2.75, 3.05) is 18.8 Å². The average molecular weight is 534 g/mol. The Morgan fingerprint density at radius 3 is 2.06 bits per heavy atom. The quantitative estimate of drug-likeness (QED) is 0.381. The topological polar surface area (TPSA) is 40.5 Å². The fourth-order valence-corrected chi connectivity index (χ4v) is 8.82. The first kappa shape index (κ1) is 29.7. The lowest BCUT2D eigenvalue weighted by Crippen LogP contribution is -2.46. The van der Waals surface area contributed by atoms with E-state index in [1.807, 2.05) is 23.5 Å². The molecule has 3 rings (SSSR count). The van der Waals surface area contributed by atoms with E-state index in [9.17, 15) is 9.90 Å². The number of hydrogen-bond donors (Lipinski definition) is 1. The van der Waals surface area contributed by atoms with Gasteiger partial charge in [-0.3, -0.25) is 4.79 Å². The Labute approximate surface area is 230 Å². The number of amides is 1. The molecule has 2 aliphatic rings. The van der Waals surface area contributed by atoms with E-state index in [4.69, 9.17) is 0 Å². The summed E-state index contributed by atoms with van der Waals surface area (Å²) in [4.78, 5) is 16.7. The first-order valence-electron chi connectivity index (χ1n) is 14.2. The molecule has 1 amide bonds. The molecule has 0 bridgehead atoms. The van der Waals surface area contributed by atoms with Crippen molar-refractivity contribution in [3.05, 3.63) is 23.3 Å². The number of carbonyl (C=O) groups is 1. The number of nitrogens with zero attached hydrogens (tertiary/aromatic N) is 1.